The fraction of sp³-hybridized carbons (Fsp3) is 0.316. The largest absolute Gasteiger partial charge is 0.508 e. The summed E-state index contributed by atoms with van der Waals surface area (Å²) in [4.78, 5) is 11.7. The highest BCUT2D eigenvalue weighted by atomic mass is 16.5. The average Bonchev–Trinajstić information content (AvgIpc) is 2.64. The van der Waals surface area contributed by atoms with Gasteiger partial charge in [0.05, 0.1) is 7.11 Å². The van der Waals surface area contributed by atoms with Crippen LogP contribution < -0.4 is 9.47 Å². The highest BCUT2D eigenvalue weighted by Crippen LogP contribution is 2.36. The maximum absolute atomic E-state index is 11.7. The summed E-state index contributed by atoms with van der Waals surface area (Å²) < 4.78 is 14.9. The van der Waals surface area contributed by atoms with Crippen molar-refractivity contribution in [2.75, 3.05) is 20.8 Å². The number of phenols is 3. The molecule has 142 valence electrons. The zero-order valence-electron chi connectivity index (χ0n) is 15.2. The summed E-state index contributed by atoms with van der Waals surface area (Å²) in [6.45, 7) is 4.09. The molecule has 0 fully saturated rings. The third-order valence-corrected chi connectivity index (χ3v) is 3.36. The maximum Gasteiger partial charge on any atom is 0.202 e. The first-order valence-electron chi connectivity index (χ1n) is 8.05. The van der Waals surface area contributed by atoms with Crippen LogP contribution in [0.3, 0.4) is 0 Å². The molecule has 0 spiro atoms. The van der Waals surface area contributed by atoms with Gasteiger partial charge in [-0.3, -0.25) is 4.79 Å². The van der Waals surface area contributed by atoms with E-state index in [1.165, 1.54) is 20.3 Å². The number of phenolic OH excluding ortho intramolecular Hbond substituents is 3. The van der Waals surface area contributed by atoms with Gasteiger partial charge in [-0.15, -0.1) is 0 Å². The summed E-state index contributed by atoms with van der Waals surface area (Å²) in [6.07, 6.45) is -0.701. The van der Waals surface area contributed by atoms with E-state index < -0.39 is 6.10 Å². The molecule has 0 aromatic heterocycles. The Hall–Kier alpha value is -2.93. The van der Waals surface area contributed by atoms with Crippen molar-refractivity contribution in [2.24, 2.45) is 0 Å². The van der Waals surface area contributed by atoms with E-state index >= 15 is 0 Å². The van der Waals surface area contributed by atoms with Crippen molar-refractivity contribution in [3.63, 3.8) is 0 Å². The van der Waals surface area contributed by atoms with Crippen molar-refractivity contribution in [1.29, 1.82) is 0 Å². The predicted molar refractivity (Wildman–Crippen MR) is 96.4 cm³/mol. The first-order valence-corrected chi connectivity index (χ1v) is 8.05. The van der Waals surface area contributed by atoms with Crippen LogP contribution in [0.5, 0.6) is 28.7 Å². The molecule has 7 nitrogen and oxygen atoms in total. The van der Waals surface area contributed by atoms with Crippen molar-refractivity contribution in [1.82, 2.24) is 0 Å². The number of hydrogen-bond donors (Lipinski definition) is 3. The molecule has 1 atom stereocenters. The van der Waals surface area contributed by atoms with E-state index in [9.17, 15) is 15.0 Å². The van der Waals surface area contributed by atoms with Crippen LogP contribution >= 0.6 is 0 Å². The SMILES string of the molecule is CC.COC1COc2cc(O)cc(O)c2C1=O.COc1ccccc1O. The molecule has 2 aromatic carbocycles. The Bertz CT molecular complexity index is 728. The van der Waals surface area contributed by atoms with Crippen LogP contribution in [0.2, 0.25) is 0 Å². The van der Waals surface area contributed by atoms with Gasteiger partial charge in [0, 0.05) is 19.2 Å². The zero-order valence-corrected chi connectivity index (χ0v) is 15.2. The smallest absolute Gasteiger partial charge is 0.202 e. The number of carbonyl (C=O) groups is 1. The van der Waals surface area contributed by atoms with Crippen molar-refractivity contribution in [2.45, 2.75) is 20.0 Å². The summed E-state index contributed by atoms with van der Waals surface area (Å²) in [7, 11) is 2.92. The number of para-hydroxylation sites is 2. The summed E-state index contributed by atoms with van der Waals surface area (Å²) in [5.41, 5.74) is 0.0610. The molecule has 0 amide bonds. The van der Waals surface area contributed by atoms with E-state index in [2.05, 4.69) is 0 Å². The minimum absolute atomic E-state index is 0.0610. The Kier molecular flexibility index (Phi) is 8.24. The van der Waals surface area contributed by atoms with E-state index in [4.69, 9.17) is 19.3 Å². The minimum atomic E-state index is -0.701. The number of ether oxygens (including phenoxy) is 3. The molecule has 3 N–H and O–H groups in total. The van der Waals surface area contributed by atoms with Gasteiger partial charge in [-0.2, -0.15) is 0 Å². The molecule has 2 aromatic rings. The van der Waals surface area contributed by atoms with Crippen LogP contribution in [0.15, 0.2) is 36.4 Å². The Morgan fingerprint density at radius 2 is 1.69 bits per heavy atom. The lowest BCUT2D eigenvalue weighted by Crippen LogP contribution is -2.34. The van der Waals surface area contributed by atoms with E-state index in [-0.39, 0.29) is 41.0 Å². The summed E-state index contributed by atoms with van der Waals surface area (Å²) >= 11 is 0. The predicted octanol–water partition coefficient (Wildman–Crippen LogP) is 3.11. The quantitative estimate of drug-likeness (QED) is 0.752. The van der Waals surface area contributed by atoms with Gasteiger partial charge in [0.25, 0.3) is 0 Å². The summed E-state index contributed by atoms with van der Waals surface area (Å²) in [6, 6.07) is 9.22. The van der Waals surface area contributed by atoms with Crippen LogP contribution in [0.4, 0.5) is 0 Å². The van der Waals surface area contributed by atoms with Gasteiger partial charge in [-0.05, 0) is 12.1 Å². The topological polar surface area (TPSA) is 105 Å². The zero-order chi connectivity index (χ0) is 19.7. The molecule has 0 saturated heterocycles. The number of fused-ring (bicyclic) bond motifs is 1. The fourth-order valence-electron chi connectivity index (χ4n) is 2.16. The van der Waals surface area contributed by atoms with Crippen LogP contribution in [-0.2, 0) is 4.74 Å². The lowest BCUT2D eigenvalue weighted by Gasteiger charge is -2.23. The Balaban J connectivity index is 0.000000263. The molecule has 0 saturated carbocycles. The highest BCUT2D eigenvalue weighted by molar-refractivity contribution is 6.05. The first-order chi connectivity index (χ1) is 12.5. The highest BCUT2D eigenvalue weighted by Gasteiger charge is 2.31. The Morgan fingerprint density at radius 1 is 1.04 bits per heavy atom. The molecule has 0 radical (unpaired) electrons. The summed E-state index contributed by atoms with van der Waals surface area (Å²) in [5.74, 6) is 0.103. The second kappa shape index (κ2) is 10.1. The number of benzene rings is 2. The molecular weight excluding hydrogens is 340 g/mol. The average molecular weight is 364 g/mol. The van der Waals surface area contributed by atoms with Gasteiger partial charge in [-0.25, -0.2) is 0 Å². The molecule has 1 aliphatic heterocycles. The van der Waals surface area contributed by atoms with Crippen molar-refractivity contribution in [3.8, 4) is 28.7 Å². The number of aromatic hydroxyl groups is 3. The minimum Gasteiger partial charge on any atom is -0.508 e. The van der Waals surface area contributed by atoms with Gasteiger partial charge < -0.3 is 29.5 Å². The third kappa shape index (κ3) is 5.03. The molecule has 0 aliphatic carbocycles. The molecule has 1 aliphatic rings. The second-order valence-electron chi connectivity index (χ2n) is 4.91. The number of hydrogen-bond acceptors (Lipinski definition) is 7. The second-order valence-corrected chi connectivity index (χ2v) is 4.91. The van der Waals surface area contributed by atoms with E-state index in [1.807, 2.05) is 13.8 Å². The monoisotopic (exact) mass is 364 g/mol. The van der Waals surface area contributed by atoms with Crippen LogP contribution in [0.25, 0.3) is 0 Å². The van der Waals surface area contributed by atoms with Gasteiger partial charge in [-0.1, -0.05) is 26.0 Å². The van der Waals surface area contributed by atoms with E-state index in [0.29, 0.717) is 5.75 Å². The molecule has 3 rings (SSSR count). The Morgan fingerprint density at radius 3 is 2.23 bits per heavy atom. The third-order valence-electron chi connectivity index (χ3n) is 3.36. The fourth-order valence-corrected chi connectivity index (χ4v) is 2.16. The molecular formula is C19H24O7. The van der Waals surface area contributed by atoms with Crippen molar-refractivity contribution >= 4 is 5.78 Å². The van der Waals surface area contributed by atoms with Crippen molar-refractivity contribution in [3.05, 3.63) is 42.0 Å². The van der Waals surface area contributed by atoms with E-state index in [1.54, 1.807) is 24.3 Å². The van der Waals surface area contributed by atoms with Crippen LogP contribution in [-0.4, -0.2) is 48.0 Å². The molecule has 0 bridgehead atoms. The first kappa shape index (κ1) is 21.1. The number of carbonyl (C=O) groups excluding carboxylic acids is 1. The normalized spacial score (nSPS) is 14.6. The number of ketones is 1. The molecule has 1 unspecified atom stereocenters. The van der Waals surface area contributed by atoms with Crippen LogP contribution in [0.1, 0.15) is 24.2 Å². The van der Waals surface area contributed by atoms with Gasteiger partial charge >= 0.3 is 0 Å². The molecule has 1 heterocycles. The number of Topliss-reactive ketones (excluding diaryl/α,β-unsaturated/α-hetero) is 1. The van der Waals surface area contributed by atoms with Gasteiger partial charge in [0.2, 0.25) is 5.78 Å². The molecule has 26 heavy (non-hydrogen) atoms. The number of methoxy groups -OCH3 is 2. The number of rotatable bonds is 2. The molecule has 7 heteroatoms. The van der Waals surface area contributed by atoms with Crippen LogP contribution in [0, 0.1) is 0 Å². The standard InChI is InChI=1S/C10H10O5.C7H8O2.C2H6/c1-14-8-4-15-7-3-5(11)2-6(12)9(7)10(8)13;1-9-7-5-3-2-4-6(7)8;1-2/h2-3,8,11-12H,4H2,1H3;2-5,8H,1H3;1-2H3. The lowest BCUT2D eigenvalue weighted by molar-refractivity contribution is 0.0363. The maximum atomic E-state index is 11.7. The van der Waals surface area contributed by atoms with Crippen molar-refractivity contribution < 1.29 is 34.3 Å². The van der Waals surface area contributed by atoms with E-state index in [0.717, 1.165) is 6.07 Å². The summed E-state index contributed by atoms with van der Waals surface area (Å²) in [5, 5.41) is 27.7. The lowest BCUT2D eigenvalue weighted by atomic mass is 10.0. The van der Waals surface area contributed by atoms with Gasteiger partial charge in [0.1, 0.15) is 29.4 Å². The van der Waals surface area contributed by atoms with Gasteiger partial charge in [0.15, 0.2) is 17.6 Å². The Labute approximate surface area is 152 Å².